The van der Waals surface area contributed by atoms with Gasteiger partial charge in [0.1, 0.15) is 18.1 Å². The zero-order valence-corrected chi connectivity index (χ0v) is 18.6. The van der Waals surface area contributed by atoms with Gasteiger partial charge in [-0.2, -0.15) is 5.26 Å². The molecular weight excluding hydrogens is 416 g/mol. The number of pyridine rings is 1. The number of carbonyl (C=O) groups excluding carboxylic acids is 1. The monoisotopic (exact) mass is 442 g/mol. The molecule has 1 N–H and O–H groups in total. The Hall–Kier alpha value is -3.86. The molecule has 2 aliphatic heterocycles. The Morgan fingerprint density at radius 3 is 2.70 bits per heavy atom. The van der Waals surface area contributed by atoms with Gasteiger partial charge in [-0.1, -0.05) is 6.07 Å². The van der Waals surface area contributed by atoms with Gasteiger partial charge in [0.15, 0.2) is 5.82 Å². The number of hydrogen-bond acceptors (Lipinski definition) is 5. The van der Waals surface area contributed by atoms with Crippen molar-refractivity contribution in [2.75, 3.05) is 26.2 Å². The van der Waals surface area contributed by atoms with Crippen LogP contribution < -0.4 is 4.74 Å². The summed E-state index contributed by atoms with van der Waals surface area (Å²) in [5, 5.41) is 9.13. The fourth-order valence-corrected chi connectivity index (χ4v) is 4.55. The van der Waals surface area contributed by atoms with Gasteiger partial charge < -0.3 is 19.5 Å². The lowest BCUT2D eigenvalue weighted by Crippen LogP contribution is -2.46. The number of nitrogens with one attached hydrogen (secondary N) is 1. The highest BCUT2D eigenvalue weighted by Crippen LogP contribution is 2.33. The minimum atomic E-state index is 0.0235. The van der Waals surface area contributed by atoms with Gasteiger partial charge in [-0.05, 0) is 49.1 Å². The van der Waals surface area contributed by atoms with E-state index in [4.69, 9.17) is 10.00 Å². The smallest absolute Gasteiger partial charge is 0.320 e. The number of urea groups is 1. The SMILES string of the molecule is Cc1cc(-c2ccc(-c3ncc[nH]3)nc2)cc2c1OCCN(C(=O)N1CCC(C#N)CC1)C2. The van der Waals surface area contributed by atoms with Crippen molar-refractivity contribution >= 4 is 6.03 Å². The molecule has 168 valence electrons. The second-order valence-electron chi connectivity index (χ2n) is 8.59. The number of fused-ring (bicyclic) bond motifs is 1. The highest BCUT2D eigenvalue weighted by Gasteiger charge is 2.28. The first-order valence-corrected chi connectivity index (χ1v) is 11.3. The molecule has 5 rings (SSSR count). The lowest BCUT2D eigenvalue weighted by molar-refractivity contribution is 0.132. The highest BCUT2D eigenvalue weighted by atomic mass is 16.5. The van der Waals surface area contributed by atoms with Crippen LogP contribution in [0.5, 0.6) is 5.75 Å². The van der Waals surface area contributed by atoms with E-state index in [9.17, 15) is 4.79 Å². The fraction of sp³-hybridized carbons (Fsp3) is 0.360. The van der Waals surface area contributed by atoms with E-state index in [1.807, 2.05) is 35.1 Å². The standard InChI is InChI=1S/C25H26N6O2/c1-17-12-20(19-2-3-22(29-15-19)24-27-6-7-28-24)13-21-16-31(10-11-33-23(17)21)25(32)30-8-4-18(14-26)5-9-30/h2-3,6-7,12-13,15,18H,4-5,8-11,16H2,1H3,(H,27,28). The number of carbonyl (C=O) groups is 1. The normalized spacial score (nSPS) is 16.5. The lowest BCUT2D eigenvalue weighted by atomic mass is 9.98. The average Bonchev–Trinajstić information content (AvgIpc) is 3.30. The third-order valence-corrected chi connectivity index (χ3v) is 6.38. The zero-order valence-electron chi connectivity index (χ0n) is 18.6. The first-order chi connectivity index (χ1) is 16.1. The van der Waals surface area contributed by atoms with Gasteiger partial charge in [0.05, 0.1) is 19.2 Å². The predicted molar refractivity (Wildman–Crippen MR) is 123 cm³/mol. The molecule has 0 unspecified atom stereocenters. The van der Waals surface area contributed by atoms with Gasteiger partial charge in [-0.25, -0.2) is 9.78 Å². The van der Waals surface area contributed by atoms with E-state index in [0.717, 1.165) is 52.4 Å². The van der Waals surface area contributed by atoms with Crippen LogP contribution in [0.1, 0.15) is 24.0 Å². The molecule has 1 saturated heterocycles. The molecule has 1 fully saturated rings. The van der Waals surface area contributed by atoms with E-state index in [-0.39, 0.29) is 11.9 Å². The maximum Gasteiger partial charge on any atom is 0.320 e. The molecule has 8 nitrogen and oxygen atoms in total. The number of nitrogens with zero attached hydrogens (tertiary/aromatic N) is 5. The number of rotatable bonds is 2. The number of likely N-dealkylation sites (tertiary alicyclic amines) is 1. The number of imidazole rings is 1. The molecule has 0 bridgehead atoms. The van der Waals surface area contributed by atoms with E-state index in [1.54, 1.807) is 12.4 Å². The molecular formula is C25H26N6O2. The molecule has 2 aliphatic rings. The quantitative estimate of drug-likeness (QED) is 0.647. The molecule has 0 spiro atoms. The summed E-state index contributed by atoms with van der Waals surface area (Å²) in [4.78, 5) is 28.8. The number of aryl methyl sites for hydroxylation is 1. The van der Waals surface area contributed by atoms with Crippen LogP contribution in [0.25, 0.3) is 22.6 Å². The second kappa shape index (κ2) is 8.94. The Bertz CT molecular complexity index is 1170. The number of amides is 2. The molecule has 1 aromatic carbocycles. The Kier molecular flexibility index (Phi) is 5.69. The number of aromatic nitrogens is 3. The van der Waals surface area contributed by atoms with Crippen molar-refractivity contribution in [1.29, 1.82) is 5.26 Å². The largest absolute Gasteiger partial charge is 0.491 e. The van der Waals surface area contributed by atoms with Crippen LogP contribution in [0.4, 0.5) is 4.79 Å². The molecule has 4 heterocycles. The zero-order chi connectivity index (χ0) is 22.8. The van der Waals surface area contributed by atoms with Crippen molar-refractivity contribution < 1.29 is 9.53 Å². The van der Waals surface area contributed by atoms with Crippen molar-refractivity contribution in [2.24, 2.45) is 5.92 Å². The minimum absolute atomic E-state index is 0.0235. The molecule has 8 heteroatoms. The van der Waals surface area contributed by atoms with Crippen molar-refractivity contribution in [3.05, 3.63) is 54.0 Å². The fourth-order valence-electron chi connectivity index (χ4n) is 4.55. The van der Waals surface area contributed by atoms with E-state index >= 15 is 0 Å². The third-order valence-electron chi connectivity index (χ3n) is 6.38. The number of benzene rings is 1. The van der Waals surface area contributed by atoms with E-state index < -0.39 is 0 Å². The van der Waals surface area contributed by atoms with Crippen LogP contribution in [0.15, 0.2) is 42.9 Å². The summed E-state index contributed by atoms with van der Waals surface area (Å²) < 4.78 is 6.06. The highest BCUT2D eigenvalue weighted by molar-refractivity contribution is 5.75. The first-order valence-electron chi connectivity index (χ1n) is 11.3. The molecule has 3 aromatic rings. The third kappa shape index (κ3) is 4.27. The van der Waals surface area contributed by atoms with E-state index in [1.165, 1.54) is 0 Å². The Morgan fingerprint density at radius 2 is 2.00 bits per heavy atom. The van der Waals surface area contributed by atoms with Crippen molar-refractivity contribution in [3.63, 3.8) is 0 Å². The van der Waals surface area contributed by atoms with Crippen LogP contribution in [0.3, 0.4) is 0 Å². The van der Waals surface area contributed by atoms with Gasteiger partial charge in [-0.15, -0.1) is 0 Å². The first kappa shape index (κ1) is 21.0. The number of piperidine rings is 1. The lowest BCUT2D eigenvalue weighted by Gasteiger charge is -2.33. The summed E-state index contributed by atoms with van der Waals surface area (Å²) in [6.45, 7) is 4.81. The van der Waals surface area contributed by atoms with Crippen molar-refractivity contribution in [1.82, 2.24) is 24.8 Å². The Morgan fingerprint density at radius 1 is 1.15 bits per heavy atom. The molecule has 2 aromatic heterocycles. The van der Waals surface area contributed by atoms with Crippen LogP contribution in [-0.4, -0.2) is 57.0 Å². The number of hydrogen-bond donors (Lipinski definition) is 1. The Labute approximate surface area is 192 Å². The summed E-state index contributed by atoms with van der Waals surface area (Å²) >= 11 is 0. The van der Waals surface area contributed by atoms with Gasteiger partial charge in [0.25, 0.3) is 0 Å². The predicted octanol–water partition coefficient (Wildman–Crippen LogP) is 4.00. The molecule has 0 aliphatic carbocycles. The van der Waals surface area contributed by atoms with Crippen molar-refractivity contribution in [2.45, 2.75) is 26.3 Å². The van der Waals surface area contributed by atoms with Crippen LogP contribution in [-0.2, 0) is 6.54 Å². The molecule has 2 amide bonds. The van der Waals surface area contributed by atoms with Gasteiger partial charge in [0, 0.05) is 48.7 Å². The van der Waals surface area contributed by atoms with E-state index in [2.05, 4.69) is 33.2 Å². The van der Waals surface area contributed by atoms with Gasteiger partial charge in [0.2, 0.25) is 0 Å². The number of ether oxygens (including phenoxy) is 1. The van der Waals surface area contributed by atoms with Crippen LogP contribution in [0, 0.1) is 24.2 Å². The molecule has 0 saturated carbocycles. The van der Waals surface area contributed by atoms with Crippen molar-refractivity contribution in [3.8, 4) is 34.5 Å². The molecule has 0 atom stereocenters. The number of aromatic amines is 1. The summed E-state index contributed by atoms with van der Waals surface area (Å²) in [5.41, 5.74) is 4.87. The maximum atomic E-state index is 13.2. The summed E-state index contributed by atoms with van der Waals surface area (Å²) in [5.74, 6) is 1.65. The number of nitriles is 1. The van der Waals surface area contributed by atoms with Gasteiger partial charge >= 0.3 is 6.03 Å². The van der Waals surface area contributed by atoms with Gasteiger partial charge in [-0.3, -0.25) is 4.98 Å². The maximum absolute atomic E-state index is 13.2. The molecule has 0 radical (unpaired) electrons. The van der Waals surface area contributed by atoms with Crippen LogP contribution in [0.2, 0.25) is 0 Å². The summed E-state index contributed by atoms with van der Waals surface area (Å²) in [6.07, 6.45) is 6.82. The van der Waals surface area contributed by atoms with Crippen LogP contribution >= 0.6 is 0 Å². The average molecular weight is 443 g/mol. The second-order valence-corrected chi connectivity index (χ2v) is 8.59. The minimum Gasteiger partial charge on any atom is -0.491 e. The summed E-state index contributed by atoms with van der Waals surface area (Å²) in [6, 6.07) is 10.5. The topological polar surface area (TPSA) is 98.1 Å². The number of H-pyrrole nitrogens is 1. The van der Waals surface area contributed by atoms with E-state index in [0.29, 0.717) is 32.8 Å². The summed E-state index contributed by atoms with van der Waals surface area (Å²) in [7, 11) is 0. The molecule has 33 heavy (non-hydrogen) atoms. The Balaban J connectivity index is 1.37.